The number of rotatable bonds is 2. The van der Waals surface area contributed by atoms with Gasteiger partial charge in [0.1, 0.15) is 0 Å². The Morgan fingerprint density at radius 3 is 2.67 bits per heavy atom. The average molecular weight is 207 g/mol. The summed E-state index contributed by atoms with van der Waals surface area (Å²) in [7, 11) is 0. The van der Waals surface area contributed by atoms with Crippen molar-refractivity contribution in [2.45, 2.75) is 38.8 Å². The third-order valence-corrected chi connectivity index (χ3v) is 3.05. The fraction of sp³-hybridized carbons (Fsp3) is 0.636. The summed E-state index contributed by atoms with van der Waals surface area (Å²) in [5, 5.41) is 17.0. The molecule has 0 radical (unpaired) electrons. The second-order valence-corrected chi connectivity index (χ2v) is 4.61. The van der Waals surface area contributed by atoms with Crippen molar-refractivity contribution < 1.29 is 5.11 Å². The molecule has 2 heterocycles. The van der Waals surface area contributed by atoms with Gasteiger partial charge >= 0.3 is 0 Å². The van der Waals surface area contributed by atoms with Crippen LogP contribution in [-0.2, 0) is 6.61 Å². The smallest absolute Gasteiger partial charge is 0.151 e. The minimum Gasteiger partial charge on any atom is -0.390 e. The molecule has 1 N–H and O–H groups in total. The molecule has 0 amide bonds. The molecule has 0 spiro atoms. The lowest BCUT2D eigenvalue weighted by molar-refractivity contribution is 0.275. The normalized spacial score (nSPS) is 19.5. The first-order valence-corrected chi connectivity index (χ1v) is 5.34. The van der Waals surface area contributed by atoms with Crippen molar-refractivity contribution in [1.29, 1.82) is 0 Å². The van der Waals surface area contributed by atoms with Gasteiger partial charge in [-0.2, -0.15) is 5.10 Å². The van der Waals surface area contributed by atoms with Crippen LogP contribution in [0.5, 0.6) is 0 Å². The lowest BCUT2D eigenvalue weighted by Gasteiger charge is -2.32. The zero-order valence-corrected chi connectivity index (χ0v) is 9.27. The molecule has 4 heteroatoms. The second kappa shape index (κ2) is 3.77. The molecular formula is C11H17N3O. The Kier molecular flexibility index (Phi) is 2.61. The van der Waals surface area contributed by atoms with Crippen LogP contribution in [0.25, 0.3) is 0 Å². The van der Waals surface area contributed by atoms with E-state index in [0.717, 1.165) is 12.4 Å². The van der Waals surface area contributed by atoms with E-state index in [0.29, 0.717) is 5.69 Å². The summed E-state index contributed by atoms with van der Waals surface area (Å²) in [6, 6.07) is 3.77. The van der Waals surface area contributed by atoms with Crippen molar-refractivity contribution >= 4 is 5.82 Å². The molecule has 15 heavy (non-hydrogen) atoms. The van der Waals surface area contributed by atoms with Crippen LogP contribution >= 0.6 is 0 Å². The van der Waals surface area contributed by atoms with Crippen LogP contribution in [0.1, 0.15) is 32.4 Å². The molecule has 0 saturated carbocycles. The highest BCUT2D eigenvalue weighted by atomic mass is 16.3. The highest BCUT2D eigenvalue weighted by Crippen LogP contribution is 2.31. The van der Waals surface area contributed by atoms with Crippen LogP contribution in [0.4, 0.5) is 5.82 Å². The third-order valence-electron chi connectivity index (χ3n) is 3.05. The van der Waals surface area contributed by atoms with Crippen molar-refractivity contribution in [2.24, 2.45) is 0 Å². The minimum absolute atomic E-state index is 0.0450. The summed E-state index contributed by atoms with van der Waals surface area (Å²) in [5.74, 6) is 0.912. The summed E-state index contributed by atoms with van der Waals surface area (Å²) >= 11 is 0. The Morgan fingerprint density at radius 1 is 1.40 bits per heavy atom. The second-order valence-electron chi connectivity index (χ2n) is 4.61. The molecular weight excluding hydrogens is 190 g/mol. The van der Waals surface area contributed by atoms with Gasteiger partial charge in [-0.25, -0.2) is 0 Å². The molecule has 0 aliphatic carbocycles. The van der Waals surface area contributed by atoms with E-state index < -0.39 is 0 Å². The molecule has 2 rings (SSSR count). The third kappa shape index (κ3) is 1.95. The number of aromatic nitrogens is 2. The first-order chi connectivity index (χ1) is 7.13. The molecule has 0 atom stereocenters. The number of aliphatic hydroxyl groups is 1. The van der Waals surface area contributed by atoms with E-state index in [4.69, 9.17) is 5.11 Å². The number of hydrogen-bond donors (Lipinski definition) is 1. The molecule has 0 unspecified atom stereocenters. The van der Waals surface area contributed by atoms with Crippen LogP contribution in [0, 0.1) is 0 Å². The van der Waals surface area contributed by atoms with E-state index >= 15 is 0 Å². The Hall–Kier alpha value is -1.16. The Labute approximate surface area is 89.9 Å². The van der Waals surface area contributed by atoms with Crippen molar-refractivity contribution in [2.75, 3.05) is 11.4 Å². The van der Waals surface area contributed by atoms with Crippen LogP contribution in [-0.4, -0.2) is 27.4 Å². The fourth-order valence-corrected chi connectivity index (χ4v) is 2.11. The summed E-state index contributed by atoms with van der Waals surface area (Å²) in [6.07, 6.45) is 2.40. The van der Waals surface area contributed by atoms with Gasteiger partial charge in [0.25, 0.3) is 0 Å². The van der Waals surface area contributed by atoms with Gasteiger partial charge in [-0.1, -0.05) is 0 Å². The first-order valence-electron chi connectivity index (χ1n) is 5.34. The molecule has 1 aromatic rings. The van der Waals surface area contributed by atoms with Gasteiger partial charge in [0.15, 0.2) is 5.82 Å². The number of hydrogen-bond acceptors (Lipinski definition) is 4. The van der Waals surface area contributed by atoms with E-state index in [1.165, 1.54) is 12.8 Å². The van der Waals surface area contributed by atoms with Gasteiger partial charge < -0.3 is 10.0 Å². The molecule has 0 bridgehead atoms. The quantitative estimate of drug-likeness (QED) is 0.795. The largest absolute Gasteiger partial charge is 0.390 e. The zero-order chi connectivity index (χ0) is 10.9. The lowest BCUT2D eigenvalue weighted by atomic mass is 10.0. The Balaban J connectivity index is 2.22. The molecule has 1 aliphatic heterocycles. The van der Waals surface area contributed by atoms with Crippen molar-refractivity contribution in [3.05, 3.63) is 17.8 Å². The monoisotopic (exact) mass is 207 g/mol. The maximum absolute atomic E-state index is 8.88. The molecule has 1 aromatic heterocycles. The minimum atomic E-state index is -0.0450. The summed E-state index contributed by atoms with van der Waals surface area (Å²) in [6.45, 7) is 5.44. The van der Waals surface area contributed by atoms with Gasteiger partial charge in [0, 0.05) is 12.1 Å². The summed E-state index contributed by atoms with van der Waals surface area (Å²) in [4.78, 5) is 2.28. The highest BCUT2D eigenvalue weighted by molar-refractivity contribution is 5.42. The van der Waals surface area contributed by atoms with E-state index in [1.54, 1.807) is 0 Å². The number of aliphatic hydroxyl groups excluding tert-OH is 1. The van der Waals surface area contributed by atoms with Crippen LogP contribution in [0.2, 0.25) is 0 Å². The van der Waals surface area contributed by atoms with Crippen LogP contribution in [0.15, 0.2) is 12.1 Å². The van der Waals surface area contributed by atoms with E-state index in [1.807, 2.05) is 12.1 Å². The van der Waals surface area contributed by atoms with Gasteiger partial charge in [-0.3, -0.25) is 0 Å². The van der Waals surface area contributed by atoms with Crippen molar-refractivity contribution in [1.82, 2.24) is 10.2 Å². The Bertz CT molecular complexity index is 334. The maximum Gasteiger partial charge on any atom is 0.151 e. The van der Waals surface area contributed by atoms with Crippen LogP contribution < -0.4 is 4.90 Å². The lowest BCUT2D eigenvalue weighted by Crippen LogP contribution is -2.38. The number of anilines is 1. The topological polar surface area (TPSA) is 49.2 Å². The van der Waals surface area contributed by atoms with E-state index in [-0.39, 0.29) is 12.1 Å². The first kappa shape index (κ1) is 10.4. The molecule has 1 aliphatic rings. The van der Waals surface area contributed by atoms with E-state index in [9.17, 15) is 0 Å². The summed E-state index contributed by atoms with van der Waals surface area (Å²) in [5.41, 5.74) is 0.797. The van der Waals surface area contributed by atoms with Gasteiger partial charge in [0.2, 0.25) is 0 Å². The standard InChI is InChI=1S/C11H17N3O/c1-11(2)6-3-7-14(11)10-5-4-9(8-15)12-13-10/h4-5,15H,3,6-8H2,1-2H3. The van der Waals surface area contributed by atoms with Gasteiger partial charge in [-0.15, -0.1) is 5.10 Å². The maximum atomic E-state index is 8.88. The fourth-order valence-electron chi connectivity index (χ4n) is 2.11. The molecule has 1 saturated heterocycles. The summed E-state index contributed by atoms with van der Waals surface area (Å²) < 4.78 is 0. The molecule has 0 aromatic carbocycles. The Morgan fingerprint density at radius 2 is 2.20 bits per heavy atom. The van der Waals surface area contributed by atoms with Gasteiger partial charge in [-0.05, 0) is 38.8 Å². The SMILES string of the molecule is CC1(C)CCCN1c1ccc(CO)nn1. The van der Waals surface area contributed by atoms with E-state index in [2.05, 4.69) is 28.9 Å². The van der Waals surface area contributed by atoms with Crippen LogP contribution in [0.3, 0.4) is 0 Å². The number of nitrogens with zero attached hydrogens (tertiary/aromatic N) is 3. The predicted octanol–water partition coefficient (Wildman–Crippen LogP) is 1.35. The molecule has 4 nitrogen and oxygen atoms in total. The predicted molar refractivity (Wildman–Crippen MR) is 58.6 cm³/mol. The molecule has 82 valence electrons. The van der Waals surface area contributed by atoms with Crippen molar-refractivity contribution in [3.63, 3.8) is 0 Å². The van der Waals surface area contributed by atoms with Crippen molar-refractivity contribution in [3.8, 4) is 0 Å². The highest BCUT2D eigenvalue weighted by Gasteiger charge is 2.32. The zero-order valence-electron chi connectivity index (χ0n) is 9.27. The molecule has 1 fully saturated rings. The average Bonchev–Trinajstić information content (AvgIpc) is 2.58. The van der Waals surface area contributed by atoms with Gasteiger partial charge in [0.05, 0.1) is 12.3 Å².